The maximum Gasteiger partial charge on any atom is 0.209 e. The van der Waals surface area contributed by atoms with E-state index >= 15 is 0 Å². The third-order valence-corrected chi connectivity index (χ3v) is 3.32. The second kappa shape index (κ2) is 5.90. The lowest BCUT2D eigenvalue weighted by atomic mass is 9.99. The highest BCUT2D eigenvalue weighted by Gasteiger charge is 2.25. The summed E-state index contributed by atoms with van der Waals surface area (Å²) in [6.45, 7) is 0.401. The Kier molecular flexibility index (Phi) is 5.97. The lowest BCUT2D eigenvalue weighted by molar-refractivity contribution is 0.406. The number of halogens is 1. The SMILES string of the molecule is CS(=O)(=O)NC(CN)C1CCCC1.Cl. The summed E-state index contributed by atoms with van der Waals surface area (Å²) in [5.41, 5.74) is 5.53. The molecule has 1 aliphatic rings. The van der Waals surface area contributed by atoms with E-state index in [-0.39, 0.29) is 18.4 Å². The van der Waals surface area contributed by atoms with Gasteiger partial charge in [-0.2, -0.15) is 0 Å². The van der Waals surface area contributed by atoms with Crippen LogP contribution in [0.3, 0.4) is 0 Å². The van der Waals surface area contributed by atoms with E-state index in [0.29, 0.717) is 12.5 Å². The minimum atomic E-state index is -3.10. The first-order valence-electron chi connectivity index (χ1n) is 4.70. The van der Waals surface area contributed by atoms with E-state index in [2.05, 4.69) is 4.72 Å². The Bertz CT molecular complexity index is 250. The van der Waals surface area contributed by atoms with Gasteiger partial charge in [0.15, 0.2) is 0 Å². The molecule has 1 unspecified atom stereocenters. The van der Waals surface area contributed by atoms with E-state index in [0.717, 1.165) is 12.8 Å². The lowest BCUT2D eigenvalue weighted by Crippen LogP contribution is -2.44. The number of hydrogen-bond donors (Lipinski definition) is 2. The third kappa shape index (κ3) is 4.59. The predicted octanol–water partition coefficient (Wildman–Crippen LogP) is 0.475. The molecule has 0 aromatic rings. The van der Waals surface area contributed by atoms with Crippen molar-refractivity contribution in [2.24, 2.45) is 11.7 Å². The molecule has 0 aromatic carbocycles. The van der Waals surface area contributed by atoms with Gasteiger partial charge in [-0.3, -0.25) is 0 Å². The largest absolute Gasteiger partial charge is 0.329 e. The Balaban J connectivity index is 0.00000169. The molecule has 0 amide bonds. The standard InChI is InChI=1S/C8H18N2O2S.ClH/c1-13(11,12)10-8(6-9)7-4-2-3-5-7;/h7-8,10H,2-6,9H2,1H3;1H. The molecule has 14 heavy (non-hydrogen) atoms. The van der Waals surface area contributed by atoms with E-state index in [1.807, 2.05) is 0 Å². The van der Waals surface area contributed by atoms with E-state index in [1.54, 1.807) is 0 Å². The highest BCUT2D eigenvalue weighted by Crippen LogP contribution is 2.27. The number of hydrogen-bond acceptors (Lipinski definition) is 3. The van der Waals surface area contributed by atoms with Gasteiger partial charge in [-0.05, 0) is 18.8 Å². The predicted molar refractivity (Wildman–Crippen MR) is 60.0 cm³/mol. The van der Waals surface area contributed by atoms with E-state index in [4.69, 9.17) is 5.73 Å². The lowest BCUT2D eigenvalue weighted by Gasteiger charge is -2.21. The first-order chi connectivity index (χ1) is 6.03. The molecule has 0 radical (unpaired) electrons. The maximum atomic E-state index is 11.0. The highest BCUT2D eigenvalue weighted by atomic mass is 35.5. The number of nitrogens with one attached hydrogen (secondary N) is 1. The van der Waals surface area contributed by atoms with Crippen LogP contribution in [0.5, 0.6) is 0 Å². The summed E-state index contributed by atoms with van der Waals surface area (Å²) in [5, 5.41) is 0. The fourth-order valence-corrected chi connectivity index (χ4v) is 2.81. The van der Waals surface area contributed by atoms with Crippen molar-refractivity contribution in [1.29, 1.82) is 0 Å². The zero-order valence-corrected chi connectivity index (χ0v) is 10.0. The van der Waals surface area contributed by atoms with Crippen molar-refractivity contribution in [1.82, 2.24) is 4.72 Å². The fraction of sp³-hybridized carbons (Fsp3) is 1.00. The van der Waals surface area contributed by atoms with Gasteiger partial charge in [0.25, 0.3) is 0 Å². The first-order valence-corrected chi connectivity index (χ1v) is 6.59. The van der Waals surface area contributed by atoms with Crippen molar-refractivity contribution in [2.45, 2.75) is 31.7 Å². The van der Waals surface area contributed by atoms with E-state index < -0.39 is 10.0 Å². The average Bonchev–Trinajstić information content (AvgIpc) is 2.50. The Morgan fingerprint density at radius 2 is 1.93 bits per heavy atom. The molecule has 86 valence electrons. The van der Waals surface area contributed by atoms with Gasteiger partial charge in [0.05, 0.1) is 6.26 Å². The fourth-order valence-electron chi connectivity index (χ4n) is 1.97. The van der Waals surface area contributed by atoms with Crippen molar-refractivity contribution in [3.05, 3.63) is 0 Å². The molecule has 1 saturated carbocycles. The molecule has 1 atom stereocenters. The zero-order chi connectivity index (χ0) is 9.90. The molecule has 1 rings (SSSR count). The van der Waals surface area contributed by atoms with Crippen molar-refractivity contribution in [3.8, 4) is 0 Å². The van der Waals surface area contributed by atoms with Gasteiger partial charge in [0, 0.05) is 12.6 Å². The molecule has 6 heteroatoms. The van der Waals surface area contributed by atoms with Crippen LogP contribution < -0.4 is 10.5 Å². The van der Waals surface area contributed by atoms with E-state index in [9.17, 15) is 8.42 Å². The molecule has 0 aromatic heterocycles. The Labute approximate surface area is 92.1 Å². The molecular formula is C8H19ClN2O2S. The van der Waals surface area contributed by atoms with Crippen LogP contribution >= 0.6 is 12.4 Å². The van der Waals surface area contributed by atoms with Crippen LogP contribution in [0, 0.1) is 5.92 Å². The maximum absolute atomic E-state index is 11.0. The summed E-state index contributed by atoms with van der Waals surface area (Å²) in [7, 11) is -3.10. The van der Waals surface area contributed by atoms with Gasteiger partial charge >= 0.3 is 0 Å². The molecule has 3 N–H and O–H groups in total. The molecule has 0 bridgehead atoms. The topological polar surface area (TPSA) is 72.2 Å². The monoisotopic (exact) mass is 242 g/mol. The number of nitrogens with two attached hydrogens (primary N) is 1. The number of sulfonamides is 1. The van der Waals surface area contributed by atoms with Crippen LogP contribution in [0.15, 0.2) is 0 Å². The average molecular weight is 243 g/mol. The van der Waals surface area contributed by atoms with Crippen LogP contribution in [0.4, 0.5) is 0 Å². The summed E-state index contributed by atoms with van der Waals surface area (Å²) in [6.07, 6.45) is 5.79. The molecule has 0 heterocycles. The quantitative estimate of drug-likeness (QED) is 0.753. The normalized spacial score (nSPS) is 20.4. The van der Waals surface area contributed by atoms with Gasteiger partial charge in [-0.1, -0.05) is 12.8 Å². The van der Waals surface area contributed by atoms with Gasteiger partial charge in [0.1, 0.15) is 0 Å². The third-order valence-electron chi connectivity index (χ3n) is 2.59. The van der Waals surface area contributed by atoms with Gasteiger partial charge in [-0.25, -0.2) is 13.1 Å². The Morgan fingerprint density at radius 1 is 1.43 bits per heavy atom. The number of rotatable bonds is 4. The smallest absolute Gasteiger partial charge is 0.209 e. The van der Waals surface area contributed by atoms with Crippen LogP contribution in [-0.4, -0.2) is 27.3 Å². The molecule has 1 fully saturated rings. The second-order valence-corrected chi connectivity index (χ2v) is 5.56. The van der Waals surface area contributed by atoms with Gasteiger partial charge < -0.3 is 5.73 Å². The van der Waals surface area contributed by atoms with Crippen LogP contribution in [0.2, 0.25) is 0 Å². The van der Waals surface area contributed by atoms with Crippen molar-refractivity contribution >= 4 is 22.4 Å². The molecule has 0 saturated heterocycles. The molecule has 1 aliphatic carbocycles. The molecule has 0 aliphatic heterocycles. The minimum absolute atomic E-state index is 0. The molecule has 0 spiro atoms. The highest BCUT2D eigenvalue weighted by molar-refractivity contribution is 7.88. The Morgan fingerprint density at radius 3 is 2.29 bits per heavy atom. The summed E-state index contributed by atoms with van der Waals surface area (Å²) in [4.78, 5) is 0. The minimum Gasteiger partial charge on any atom is -0.329 e. The van der Waals surface area contributed by atoms with Crippen molar-refractivity contribution < 1.29 is 8.42 Å². The van der Waals surface area contributed by atoms with Crippen LogP contribution in [0.25, 0.3) is 0 Å². The Hall–Kier alpha value is 0.160. The van der Waals surface area contributed by atoms with E-state index in [1.165, 1.54) is 19.1 Å². The van der Waals surface area contributed by atoms with Gasteiger partial charge in [-0.15, -0.1) is 12.4 Å². The van der Waals surface area contributed by atoms with Crippen LogP contribution in [-0.2, 0) is 10.0 Å². The summed E-state index contributed by atoms with van der Waals surface area (Å²) >= 11 is 0. The summed E-state index contributed by atoms with van der Waals surface area (Å²) in [6, 6.07) is -0.0579. The zero-order valence-electron chi connectivity index (χ0n) is 8.40. The van der Waals surface area contributed by atoms with Crippen LogP contribution in [0.1, 0.15) is 25.7 Å². The summed E-state index contributed by atoms with van der Waals surface area (Å²) in [5.74, 6) is 0.444. The van der Waals surface area contributed by atoms with Gasteiger partial charge in [0.2, 0.25) is 10.0 Å². The van der Waals surface area contributed by atoms with Crippen molar-refractivity contribution in [3.63, 3.8) is 0 Å². The molecular weight excluding hydrogens is 224 g/mol. The van der Waals surface area contributed by atoms with Crippen molar-refractivity contribution in [2.75, 3.05) is 12.8 Å². The first kappa shape index (κ1) is 14.2. The summed E-state index contributed by atoms with van der Waals surface area (Å²) < 4.78 is 24.6. The molecule has 4 nitrogen and oxygen atoms in total. The second-order valence-electron chi connectivity index (χ2n) is 3.78.